The number of anilines is 3. The third-order valence-corrected chi connectivity index (χ3v) is 6.37. The third-order valence-electron chi connectivity index (χ3n) is 6.37. The molecule has 10 nitrogen and oxygen atoms in total. The van der Waals surface area contributed by atoms with Gasteiger partial charge in [0.15, 0.2) is 11.6 Å². The summed E-state index contributed by atoms with van der Waals surface area (Å²) in [6, 6.07) is 6.62. The van der Waals surface area contributed by atoms with E-state index < -0.39 is 17.2 Å². The van der Waals surface area contributed by atoms with E-state index in [-0.39, 0.29) is 40.9 Å². The number of hydrogen-bond donors (Lipinski definition) is 2. The lowest BCUT2D eigenvalue weighted by Crippen LogP contribution is -2.57. The van der Waals surface area contributed by atoms with Crippen molar-refractivity contribution < 1.29 is 18.3 Å². The second-order valence-corrected chi connectivity index (χ2v) is 11.1. The molecule has 0 saturated carbocycles. The van der Waals surface area contributed by atoms with Crippen LogP contribution in [0.15, 0.2) is 36.7 Å². The maximum absolute atomic E-state index is 15.0. The average Bonchev–Trinajstić information content (AvgIpc) is 3.18. The molecule has 1 saturated heterocycles. The van der Waals surface area contributed by atoms with Gasteiger partial charge >= 0.3 is 6.09 Å². The monoisotopic (exact) mass is 550 g/mol. The van der Waals surface area contributed by atoms with Gasteiger partial charge in [0.1, 0.15) is 28.5 Å². The van der Waals surface area contributed by atoms with Crippen LogP contribution in [0.25, 0.3) is 22.3 Å². The molecule has 1 aromatic carbocycles. The SMILES string of the molecule is Cc1nc2c(F)cc(-c3nc(Nc4ccc(NC5CN(C(=O)OC(C)(C)C)C5)cn4)ncc3F)cc2n1C(C)C. The number of carbonyl (C=O) groups excluding carboxylic acids is 1. The van der Waals surface area contributed by atoms with E-state index in [9.17, 15) is 13.6 Å². The zero-order valence-electron chi connectivity index (χ0n) is 23.3. The quantitative estimate of drug-likeness (QED) is 0.309. The van der Waals surface area contributed by atoms with E-state index in [1.807, 2.05) is 52.2 Å². The highest BCUT2D eigenvalue weighted by molar-refractivity contribution is 5.83. The molecule has 1 fully saturated rings. The van der Waals surface area contributed by atoms with Crippen LogP contribution in [0.5, 0.6) is 0 Å². The Kier molecular flexibility index (Phi) is 7.03. The number of likely N-dealkylation sites (tertiary alicyclic amines) is 1. The van der Waals surface area contributed by atoms with Gasteiger partial charge in [-0.3, -0.25) is 0 Å². The van der Waals surface area contributed by atoms with Crippen LogP contribution < -0.4 is 10.6 Å². The molecule has 5 rings (SSSR count). The third kappa shape index (κ3) is 5.65. The minimum absolute atomic E-state index is 0.0368. The molecule has 210 valence electrons. The molecule has 1 amide bonds. The van der Waals surface area contributed by atoms with Gasteiger partial charge in [-0.1, -0.05) is 0 Å². The van der Waals surface area contributed by atoms with Gasteiger partial charge in [-0.15, -0.1) is 0 Å². The van der Waals surface area contributed by atoms with Gasteiger partial charge in [-0.2, -0.15) is 0 Å². The molecule has 1 aliphatic rings. The Morgan fingerprint density at radius 2 is 1.82 bits per heavy atom. The number of halogens is 2. The van der Waals surface area contributed by atoms with Crippen LogP contribution >= 0.6 is 0 Å². The molecular formula is C28H32F2N8O2. The Balaban J connectivity index is 1.27. The van der Waals surface area contributed by atoms with Crippen LogP contribution in [0.1, 0.15) is 46.5 Å². The zero-order valence-corrected chi connectivity index (χ0v) is 23.3. The van der Waals surface area contributed by atoms with Gasteiger partial charge in [0.2, 0.25) is 5.95 Å². The molecular weight excluding hydrogens is 518 g/mol. The van der Waals surface area contributed by atoms with Crippen molar-refractivity contribution in [2.24, 2.45) is 0 Å². The van der Waals surface area contributed by atoms with Crippen molar-refractivity contribution in [3.05, 3.63) is 54.1 Å². The Morgan fingerprint density at radius 3 is 2.48 bits per heavy atom. The van der Waals surface area contributed by atoms with Crippen LogP contribution in [0, 0.1) is 18.6 Å². The van der Waals surface area contributed by atoms with Crippen LogP contribution in [-0.4, -0.2) is 60.2 Å². The molecule has 4 heterocycles. The van der Waals surface area contributed by atoms with E-state index in [0.29, 0.717) is 30.2 Å². The van der Waals surface area contributed by atoms with Crippen molar-refractivity contribution in [2.75, 3.05) is 23.7 Å². The molecule has 0 spiro atoms. The van der Waals surface area contributed by atoms with Crippen LogP contribution in [0.2, 0.25) is 0 Å². The first-order chi connectivity index (χ1) is 18.9. The largest absolute Gasteiger partial charge is 0.444 e. The summed E-state index contributed by atoms with van der Waals surface area (Å²) in [5.74, 6) is 0.0131. The lowest BCUT2D eigenvalue weighted by Gasteiger charge is -2.40. The Hall–Kier alpha value is -4.35. The zero-order chi connectivity index (χ0) is 28.8. The molecule has 2 N–H and O–H groups in total. The maximum atomic E-state index is 15.0. The molecule has 0 unspecified atom stereocenters. The molecule has 0 aliphatic carbocycles. The lowest BCUT2D eigenvalue weighted by atomic mass is 10.1. The fraction of sp³-hybridized carbons (Fsp3) is 0.393. The van der Waals surface area contributed by atoms with E-state index in [4.69, 9.17) is 4.74 Å². The Morgan fingerprint density at radius 1 is 1.07 bits per heavy atom. The number of benzene rings is 1. The first-order valence-corrected chi connectivity index (χ1v) is 13.1. The summed E-state index contributed by atoms with van der Waals surface area (Å²) >= 11 is 0. The van der Waals surface area contributed by atoms with E-state index in [2.05, 4.69) is 30.6 Å². The maximum Gasteiger partial charge on any atom is 0.410 e. The van der Waals surface area contributed by atoms with Crippen molar-refractivity contribution in [3.63, 3.8) is 0 Å². The summed E-state index contributed by atoms with van der Waals surface area (Å²) in [6.07, 6.45) is 2.35. The summed E-state index contributed by atoms with van der Waals surface area (Å²) in [5, 5.41) is 6.30. The second kappa shape index (κ2) is 10.3. The summed E-state index contributed by atoms with van der Waals surface area (Å²) < 4.78 is 37.0. The molecule has 3 aromatic heterocycles. The predicted molar refractivity (Wildman–Crippen MR) is 149 cm³/mol. The highest BCUT2D eigenvalue weighted by Crippen LogP contribution is 2.30. The van der Waals surface area contributed by atoms with Crippen LogP contribution in [-0.2, 0) is 4.74 Å². The number of rotatable bonds is 6. The van der Waals surface area contributed by atoms with E-state index in [1.54, 1.807) is 23.2 Å². The summed E-state index contributed by atoms with van der Waals surface area (Å²) in [6.45, 7) is 12.3. The van der Waals surface area contributed by atoms with Crippen LogP contribution in [0.3, 0.4) is 0 Å². The number of hydrogen-bond acceptors (Lipinski definition) is 8. The highest BCUT2D eigenvalue weighted by Gasteiger charge is 2.33. The van der Waals surface area contributed by atoms with E-state index in [1.165, 1.54) is 6.07 Å². The number of ether oxygens (including phenoxy) is 1. The van der Waals surface area contributed by atoms with Gasteiger partial charge in [-0.25, -0.2) is 33.5 Å². The summed E-state index contributed by atoms with van der Waals surface area (Å²) in [4.78, 5) is 30.8. The van der Waals surface area contributed by atoms with Crippen molar-refractivity contribution in [3.8, 4) is 11.3 Å². The van der Waals surface area contributed by atoms with Crippen LogP contribution in [0.4, 0.5) is 31.0 Å². The number of nitrogens with zero attached hydrogens (tertiary/aromatic N) is 6. The number of aryl methyl sites for hydroxylation is 1. The molecule has 40 heavy (non-hydrogen) atoms. The minimum atomic E-state index is -0.676. The Labute approximate surface area is 230 Å². The molecule has 4 aromatic rings. The topological polar surface area (TPSA) is 110 Å². The first kappa shape index (κ1) is 27.2. The molecule has 0 atom stereocenters. The van der Waals surface area contributed by atoms with Gasteiger partial charge in [0.05, 0.1) is 29.6 Å². The highest BCUT2D eigenvalue weighted by atomic mass is 19.1. The van der Waals surface area contributed by atoms with Crippen molar-refractivity contribution in [1.29, 1.82) is 0 Å². The fourth-order valence-electron chi connectivity index (χ4n) is 4.64. The molecule has 0 radical (unpaired) electrons. The number of nitrogens with one attached hydrogen (secondary N) is 2. The van der Waals surface area contributed by atoms with E-state index >= 15 is 0 Å². The number of pyridine rings is 1. The number of carbonyl (C=O) groups is 1. The normalized spacial score (nSPS) is 14.0. The predicted octanol–water partition coefficient (Wildman–Crippen LogP) is 5.83. The average molecular weight is 551 g/mol. The number of aromatic nitrogens is 5. The molecule has 12 heteroatoms. The number of imidazole rings is 1. The summed E-state index contributed by atoms with van der Waals surface area (Å²) in [5.41, 5.74) is 1.30. The fourth-order valence-corrected chi connectivity index (χ4v) is 4.64. The van der Waals surface area contributed by atoms with Crippen molar-refractivity contribution >= 4 is 34.6 Å². The Bertz CT molecular complexity index is 1560. The number of fused-ring (bicyclic) bond motifs is 1. The summed E-state index contributed by atoms with van der Waals surface area (Å²) in [7, 11) is 0. The lowest BCUT2D eigenvalue weighted by molar-refractivity contribution is 0.0105. The van der Waals surface area contributed by atoms with Gasteiger partial charge in [-0.05, 0) is 65.8 Å². The van der Waals surface area contributed by atoms with E-state index in [0.717, 1.165) is 11.9 Å². The molecule has 0 bridgehead atoms. The van der Waals surface area contributed by atoms with Gasteiger partial charge < -0.3 is 24.8 Å². The van der Waals surface area contributed by atoms with Crippen molar-refractivity contribution in [2.45, 2.75) is 59.2 Å². The second-order valence-electron chi connectivity index (χ2n) is 11.1. The van der Waals surface area contributed by atoms with Gasteiger partial charge in [0, 0.05) is 24.7 Å². The number of amides is 1. The standard InChI is InChI=1S/C28H32F2N8O2/c1-15(2)38-16(3)33-25-20(29)9-17(10-22(25)38)24-21(30)12-32-26(36-24)35-23-8-7-18(11-31-23)34-19-13-37(14-19)27(39)40-28(4,5)6/h7-12,15,19,34H,13-14H2,1-6H3,(H,31,32,35,36). The minimum Gasteiger partial charge on any atom is -0.444 e. The molecule has 1 aliphatic heterocycles. The smallest absolute Gasteiger partial charge is 0.410 e. The van der Waals surface area contributed by atoms with Gasteiger partial charge in [0.25, 0.3) is 0 Å². The van der Waals surface area contributed by atoms with Crippen molar-refractivity contribution in [1.82, 2.24) is 29.4 Å². The first-order valence-electron chi connectivity index (χ1n) is 13.1.